The molecule has 0 radical (unpaired) electrons. The van der Waals surface area contributed by atoms with E-state index in [2.05, 4.69) is 53.8 Å². The predicted octanol–water partition coefficient (Wildman–Crippen LogP) is 11.4. The number of nitrogens with one attached hydrogen (secondary N) is 6. The molecule has 6 aliphatic heterocycles. The fourth-order valence-electron chi connectivity index (χ4n) is 15.3. The number of methoxy groups -OCH3 is 1. The van der Waals surface area contributed by atoms with Gasteiger partial charge < -0.3 is 49.7 Å². The maximum absolute atomic E-state index is 15.0. The number of pyridine rings is 1. The third kappa shape index (κ3) is 14.5. The summed E-state index contributed by atoms with van der Waals surface area (Å²) in [6, 6.07) is 40.9. The van der Waals surface area contributed by atoms with Crippen LogP contribution in [0, 0.1) is 0 Å². The molecule has 0 aliphatic carbocycles. The summed E-state index contributed by atoms with van der Waals surface area (Å²) in [6.07, 6.45) is 18.8. The summed E-state index contributed by atoms with van der Waals surface area (Å²) >= 11 is 0. The molecule has 0 unspecified atom stereocenters. The van der Waals surface area contributed by atoms with Gasteiger partial charge in [-0.15, -0.1) is 6.58 Å². The van der Waals surface area contributed by atoms with Gasteiger partial charge in [-0.05, 0) is 119 Å². The first-order valence-electron chi connectivity index (χ1n) is 36.1. The Kier molecular flexibility index (Phi) is 20.2. The lowest BCUT2D eigenvalue weighted by Crippen LogP contribution is -2.40. The zero-order valence-electron chi connectivity index (χ0n) is 62.5. The number of amides is 4. The number of aromatic nitrogens is 11. The molecule has 109 heavy (non-hydrogen) atoms. The van der Waals surface area contributed by atoms with Gasteiger partial charge in [-0.2, -0.15) is 0 Å². The van der Waals surface area contributed by atoms with Gasteiger partial charge in [0.25, 0.3) is 0 Å². The van der Waals surface area contributed by atoms with Gasteiger partial charge in [0, 0.05) is 188 Å². The van der Waals surface area contributed by atoms with E-state index in [9.17, 15) is 9.59 Å². The SMILES string of the molecule is C=CCN(C)Cc1cnc(C2(OC)c3ncc(n3C)CN(C)CC(=O)Nc3ccccc3-c3c4nc(c5c6ccc([nH]6)c(c6nc(c(c7ccc3[nH]7)-c3ccccc3NC(=O)CN(C)Cc3cncc(c3)CN(C)CC(=O)Nc3ccccc3-5)C=C6)-c3ccccc3NC(=O)CN(C)Cc3cnc2n3C)C=C4)n1C. The Labute approximate surface area is 631 Å². The third-order valence-electron chi connectivity index (χ3n) is 20.3. The van der Waals surface area contributed by atoms with Gasteiger partial charge >= 0.3 is 0 Å². The summed E-state index contributed by atoms with van der Waals surface area (Å²) in [5.74, 6) is 0.481. The molecule has 0 atom stereocenters. The van der Waals surface area contributed by atoms with E-state index in [-0.39, 0.29) is 49.8 Å². The second kappa shape index (κ2) is 30.5. The summed E-state index contributed by atoms with van der Waals surface area (Å²) in [5.41, 5.74) is 15.0. The molecule has 0 saturated carbocycles. The molecule has 4 amide bonds. The number of H-pyrrole nitrogens is 2. The molecule has 0 saturated heterocycles. The highest BCUT2D eigenvalue weighted by Gasteiger charge is 2.49. The van der Waals surface area contributed by atoms with E-state index in [1.807, 2.05) is 248 Å². The van der Waals surface area contributed by atoms with Crippen LogP contribution in [0.1, 0.15) is 68.5 Å². The normalized spacial score (nSPS) is 15.7. The van der Waals surface area contributed by atoms with Gasteiger partial charge in [0.05, 0.1) is 66.0 Å². The van der Waals surface area contributed by atoms with Crippen LogP contribution in [-0.2, 0) is 83.4 Å². The number of fused-ring (bicyclic) bond motifs is 16. The average molecular weight is 1460 g/mol. The molecular formula is C84H86N20O5. The Morgan fingerprint density at radius 3 is 1.12 bits per heavy atom. The van der Waals surface area contributed by atoms with Gasteiger partial charge in [0.2, 0.25) is 29.2 Å². The molecule has 25 heteroatoms. The molecule has 13 heterocycles. The maximum Gasteiger partial charge on any atom is 0.241 e. The fraction of sp³-hybridized carbons (Fsp3) is 0.238. The van der Waals surface area contributed by atoms with E-state index >= 15 is 9.59 Å². The minimum Gasteiger partial charge on any atom is -0.356 e. The van der Waals surface area contributed by atoms with Crippen LogP contribution in [0.15, 0.2) is 171 Å². The zero-order valence-corrected chi connectivity index (χ0v) is 62.5. The Morgan fingerprint density at radius 1 is 0.440 bits per heavy atom. The topological polar surface area (TPSA) is 266 Å². The Bertz CT molecular complexity index is 5350. The first-order valence-corrected chi connectivity index (χ1v) is 36.1. The van der Waals surface area contributed by atoms with E-state index in [1.165, 1.54) is 0 Å². The summed E-state index contributed by atoms with van der Waals surface area (Å²) in [4.78, 5) is 108. The van der Waals surface area contributed by atoms with Crippen LogP contribution < -0.4 is 21.3 Å². The number of benzene rings is 4. The van der Waals surface area contributed by atoms with Crippen LogP contribution in [0.2, 0.25) is 0 Å². The van der Waals surface area contributed by atoms with Crippen molar-refractivity contribution in [1.29, 1.82) is 0 Å². The van der Waals surface area contributed by atoms with Crippen molar-refractivity contribution in [3.05, 3.63) is 239 Å². The van der Waals surface area contributed by atoms with Crippen molar-refractivity contribution in [1.82, 2.24) is 78.1 Å². The van der Waals surface area contributed by atoms with Gasteiger partial charge in [0.15, 0.2) is 17.5 Å². The second-order valence-corrected chi connectivity index (χ2v) is 28.5. The van der Waals surface area contributed by atoms with E-state index < -0.39 is 5.60 Å². The van der Waals surface area contributed by atoms with Crippen LogP contribution in [0.4, 0.5) is 22.7 Å². The lowest BCUT2D eigenvalue weighted by atomic mass is 9.99. The highest BCUT2D eigenvalue weighted by molar-refractivity contribution is 6.08. The van der Waals surface area contributed by atoms with Crippen molar-refractivity contribution in [3.63, 3.8) is 0 Å². The van der Waals surface area contributed by atoms with E-state index in [4.69, 9.17) is 29.7 Å². The number of likely N-dealkylation sites (N-methyl/N-ethyl adjacent to an activating group) is 5. The highest BCUT2D eigenvalue weighted by Crippen LogP contribution is 2.45. The summed E-state index contributed by atoms with van der Waals surface area (Å²) < 4.78 is 12.8. The number of rotatable bonds is 6. The van der Waals surface area contributed by atoms with Crippen molar-refractivity contribution < 1.29 is 23.9 Å². The number of anilines is 4. The number of para-hydroxylation sites is 4. The number of aromatic amines is 2. The second-order valence-electron chi connectivity index (χ2n) is 28.5. The number of imidazole rings is 3. The number of hydrogen-bond donors (Lipinski definition) is 6. The van der Waals surface area contributed by atoms with E-state index in [0.717, 1.165) is 28.2 Å². The Hall–Kier alpha value is -12.4. The first kappa shape index (κ1) is 72.2. The molecule has 18 bridgehead atoms. The number of ether oxygens (including phenoxy) is 1. The standard InChI is InChI=1S/C84H86N20O5/c1-11-36-97(2)45-54-40-86-81(102(54)7)84(109-10)82-87-41-55(103(82)8)46-100(5)50-75(107)95-63-26-18-14-22-59(63)79-69-32-28-65(89-69)77-57-20-12-16-24-61(57)93-73(105)48-98(3)43-52-37-53(39-85-38-52)44-99(4)49-74(106)94-62-25-17-13-21-58(62)78(67-30-34-71(79)91-67)68-31-35-72(92-68)80(70-33-29-66(77)90-70)60-23-15-19-27-64(60)96-76(108)51-101(6)47-56-42-88-83(84)104(56)9/h11-35,37-42,89,92H,1,36,43-51H2,2-10H3,(H,93,105)(H,94,106)(H,95,107)(H,96,108). The van der Waals surface area contributed by atoms with Crippen molar-refractivity contribution in [2.75, 3.05) is 96.3 Å². The molecule has 6 N–H and O–H groups in total. The maximum atomic E-state index is 15.0. The zero-order chi connectivity index (χ0) is 75.8. The third-order valence-corrected chi connectivity index (χ3v) is 20.3. The number of carbonyl (C=O) groups excluding carboxylic acids is 4. The van der Waals surface area contributed by atoms with Gasteiger partial charge in [-0.3, -0.25) is 48.7 Å². The monoisotopic (exact) mass is 1450 g/mol. The minimum atomic E-state index is -1.49. The molecule has 11 aromatic rings. The molecule has 4 aromatic carbocycles. The van der Waals surface area contributed by atoms with Gasteiger partial charge in [-0.25, -0.2) is 24.9 Å². The molecule has 6 aliphatic rings. The smallest absolute Gasteiger partial charge is 0.241 e. The first-order chi connectivity index (χ1) is 52.8. The average Bonchev–Trinajstić information content (AvgIpc) is 1.59. The molecular weight excluding hydrogens is 1370 g/mol. The summed E-state index contributed by atoms with van der Waals surface area (Å²) in [7, 11) is 17.1. The van der Waals surface area contributed by atoms with Crippen LogP contribution in [-0.4, -0.2) is 177 Å². The van der Waals surface area contributed by atoms with Crippen molar-refractivity contribution in [2.45, 2.75) is 38.3 Å². The van der Waals surface area contributed by atoms with Crippen molar-refractivity contribution >= 4 is 92.7 Å². The van der Waals surface area contributed by atoms with Crippen LogP contribution in [0.3, 0.4) is 0 Å². The predicted molar refractivity (Wildman–Crippen MR) is 428 cm³/mol. The summed E-state index contributed by atoms with van der Waals surface area (Å²) in [6.45, 7) is 6.64. The Balaban J connectivity index is 0.964. The van der Waals surface area contributed by atoms with E-state index in [1.54, 1.807) is 31.9 Å². The van der Waals surface area contributed by atoms with Crippen molar-refractivity contribution in [2.24, 2.45) is 21.1 Å². The lowest BCUT2D eigenvalue weighted by Gasteiger charge is -2.32. The highest BCUT2D eigenvalue weighted by atomic mass is 16.5. The van der Waals surface area contributed by atoms with Crippen LogP contribution >= 0.6 is 0 Å². The molecule has 17 rings (SSSR count). The van der Waals surface area contributed by atoms with Crippen LogP contribution in [0.5, 0.6) is 0 Å². The lowest BCUT2D eigenvalue weighted by molar-refractivity contribution is -0.118. The Morgan fingerprint density at radius 2 is 0.771 bits per heavy atom. The minimum absolute atomic E-state index is 0.0299. The molecule has 0 fully saturated rings. The molecule has 0 spiro atoms. The fourth-order valence-corrected chi connectivity index (χ4v) is 15.3. The quantitative estimate of drug-likeness (QED) is 0.0845. The van der Waals surface area contributed by atoms with Gasteiger partial charge in [0.1, 0.15) is 0 Å². The van der Waals surface area contributed by atoms with Gasteiger partial charge in [-0.1, -0.05) is 84.9 Å². The number of carbonyl (C=O) groups is 4. The van der Waals surface area contributed by atoms with E-state index in [0.29, 0.717) is 169 Å². The summed E-state index contributed by atoms with van der Waals surface area (Å²) in [5, 5.41) is 13.2. The van der Waals surface area contributed by atoms with Crippen LogP contribution in [0.25, 0.3) is 90.9 Å². The van der Waals surface area contributed by atoms with Crippen molar-refractivity contribution in [3.8, 4) is 44.5 Å². The largest absolute Gasteiger partial charge is 0.356 e. The molecule has 7 aromatic heterocycles. The number of nitrogens with zero attached hydrogens (tertiary/aromatic N) is 14. The molecule has 552 valence electrons. The number of hydrogen-bond acceptors (Lipinski definition) is 16. The molecule has 25 nitrogen and oxygen atoms in total.